The molecule has 0 aliphatic carbocycles. The second-order valence-corrected chi connectivity index (χ2v) is 10.8. The van der Waals surface area contributed by atoms with Crippen molar-refractivity contribution in [2.24, 2.45) is 5.41 Å². The fourth-order valence-electron chi connectivity index (χ4n) is 2.91. The highest BCUT2D eigenvalue weighted by Gasteiger charge is 2.45. The van der Waals surface area contributed by atoms with Gasteiger partial charge in [0.2, 0.25) is 13.1 Å². The van der Waals surface area contributed by atoms with Crippen molar-refractivity contribution in [3.05, 3.63) is 29.3 Å². The third-order valence-electron chi connectivity index (χ3n) is 4.81. The average molecular weight is 474 g/mol. The molecule has 0 spiro atoms. The van der Waals surface area contributed by atoms with Crippen LogP contribution in [-0.2, 0) is 28.2 Å². The summed E-state index contributed by atoms with van der Waals surface area (Å²) in [6.45, 7) is 7.84. The summed E-state index contributed by atoms with van der Waals surface area (Å²) in [7, 11) is -4.22. The molecule has 1 fully saturated rings. The summed E-state index contributed by atoms with van der Waals surface area (Å²) >= 11 is 0. The second kappa shape index (κ2) is 10.4. The van der Waals surface area contributed by atoms with E-state index in [0.717, 1.165) is 11.1 Å². The molecular weight excluding hydrogens is 443 g/mol. The number of rotatable bonds is 8. The number of hydrogen-bond acceptors (Lipinski definition) is 9. The number of benzene rings is 1. The maximum absolute atomic E-state index is 12.3. The molecule has 0 aromatic heterocycles. The Morgan fingerprint density at radius 2 is 1.88 bits per heavy atom. The van der Waals surface area contributed by atoms with Crippen molar-refractivity contribution < 1.29 is 48.0 Å². The van der Waals surface area contributed by atoms with Gasteiger partial charge >= 0.3 is 13.6 Å². The lowest BCUT2D eigenvalue weighted by Gasteiger charge is -2.36. The Morgan fingerprint density at radius 3 is 2.47 bits per heavy atom. The Hall–Kier alpha value is -1.81. The minimum atomic E-state index is -4.22. The highest BCUT2D eigenvalue weighted by Crippen LogP contribution is 2.43. The van der Waals surface area contributed by atoms with E-state index in [1.165, 1.54) is 0 Å². The Morgan fingerprint density at radius 1 is 1.22 bits per heavy atom. The fourth-order valence-corrected chi connectivity index (χ4v) is 3.81. The molecule has 11 heteroatoms. The number of carbonyl (C=O) groups is 2. The van der Waals surface area contributed by atoms with Crippen LogP contribution in [0.25, 0.3) is 0 Å². The van der Waals surface area contributed by atoms with Gasteiger partial charge in [0.05, 0.1) is 11.6 Å². The zero-order chi connectivity index (χ0) is 24.3. The smallest absolute Gasteiger partial charge is 0.331 e. The number of aliphatic hydroxyl groups excluding tert-OH is 2. The molecule has 3 N–H and O–H groups in total. The quantitative estimate of drug-likeness (QED) is 0.289. The van der Waals surface area contributed by atoms with E-state index in [1.807, 2.05) is 13.0 Å². The average Bonchev–Trinajstić information content (AvgIpc) is 2.68. The van der Waals surface area contributed by atoms with Crippen molar-refractivity contribution in [1.29, 1.82) is 0 Å². The molecule has 1 heterocycles. The van der Waals surface area contributed by atoms with Crippen LogP contribution >= 0.6 is 7.60 Å². The first-order valence-corrected chi connectivity index (χ1v) is 11.9. The number of ether oxygens (including phenoxy) is 3. The predicted octanol–water partition coefficient (Wildman–Crippen LogP) is 1.84. The summed E-state index contributed by atoms with van der Waals surface area (Å²) in [4.78, 5) is 34.0. The summed E-state index contributed by atoms with van der Waals surface area (Å²) in [6.07, 6.45) is -6.86. The van der Waals surface area contributed by atoms with Crippen LogP contribution in [-0.4, -0.2) is 64.4 Å². The molecule has 1 saturated heterocycles. The van der Waals surface area contributed by atoms with Gasteiger partial charge in [-0.15, -0.1) is 0 Å². The van der Waals surface area contributed by atoms with Crippen LogP contribution in [0.2, 0.25) is 0 Å². The van der Waals surface area contributed by atoms with E-state index in [1.54, 1.807) is 39.8 Å². The van der Waals surface area contributed by atoms with Gasteiger partial charge in [-0.1, -0.05) is 17.7 Å². The van der Waals surface area contributed by atoms with E-state index in [9.17, 15) is 29.3 Å². The zero-order valence-corrected chi connectivity index (χ0v) is 19.7. The van der Waals surface area contributed by atoms with Gasteiger partial charge in [0, 0.05) is 0 Å². The van der Waals surface area contributed by atoms with Crippen LogP contribution in [0.3, 0.4) is 0 Å². The number of carbonyl (C=O) groups excluding carboxylic acids is 2. The van der Waals surface area contributed by atoms with Crippen LogP contribution in [0.15, 0.2) is 18.2 Å². The van der Waals surface area contributed by atoms with Gasteiger partial charge in [-0.25, -0.2) is 0 Å². The standard InChI is InChI=1S/C21H31O10P/c1-12-6-7-14(13(2)10-12)30-19-18(24)17(23)16(22)15(31-19)8-9-32(26,27)29-11-28-20(25)21(3,4)5/h6-7,10,15,17-19,23-24H,8-9,11H2,1-5H3,(H,26,27)/t15-,17?,18+,19+/m1/s1. The molecule has 0 radical (unpaired) electrons. The summed E-state index contributed by atoms with van der Waals surface area (Å²) in [6, 6.07) is 5.32. The molecule has 2 unspecified atom stereocenters. The minimum absolute atomic E-state index is 0.281. The van der Waals surface area contributed by atoms with Crippen molar-refractivity contribution >= 4 is 19.3 Å². The Labute approximate surface area is 187 Å². The minimum Gasteiger partial charge on any atom is -0.462 e. The maximum Gasteiger partial charge on any atom is 0.331 e. The molecule has 10 nitrogen and oxygen atoms in total. The van der Waals surface area contributed by atoms with Crippen molar-refractivity contribution in [3.63, 3.8) is 0 Å². The van der Waals surface area contributed by atoms with E-state index in [-0.39, 0.29) is 6.42 Å². The van der Waals surface area contributed by atoms with E-state index in [4.69, 9.17) is 18.7 Å². The Balaban J connectivity index is 1.97. The molecule has 32 heavy (non-hydrogen) atoms. The highest BCUT2D eigenvalue weighted by molar-refractivity contribution is 7.52. The van der Waals surface area contributed by atoms with Crippen LogP contribution in [0, 0.1) is 19.3 Å². The SMILES string of the molecule is Cc1ccc(O[C@H]2O[C@H](CCP(=O)(O)OCOC(=O)C(C)(C)C)C(=O)C(O)[C@@H]2O)c(C)c1. The monoisotopic (exact) mass is 474 g/mol. The normalized spacial score (nSPS) is 25.8. The summed E-state index contributed by atoms with van der Waals surface area (Å²) in [5.74, 6) is -1.04. The van der Waals surface area contributed by atoms with Gasteiger partial charge in [0.15, 0.2) is 5.78 Å². The number of hydrogen-bond donors (Lipinski definition) is 3. The van der Waals surface area contributed by atoms with E-state index >= 15 is 0 Å². The van der Waals surface area contributed by atoms with Crippen LogP contribution < -0.4 is 4.74 Å². The first kappa shape index (κ1) is 26.4. The highest BCUT2D eigenvalue weighted by atomic mass is 31.2. The van der Waals surface area contributed by atoms with Crippen molar-refractivity contribution in [1.82, 2.24) is 0 Å². The zero-order valence-electron chi connectivity index (χ0n) is 18.8. The van der Waals surface area contributed by atoms with E-state index < -0.39 is 62.3 Å². The number of ketones is 1. The largest absolute Gasteiger partial charge is 0.462 e. The van der Waals surface area contributed by atoms with Gasteiger partial charge in [-0.05, 0) is 52.7 Å². The van der Waals surface area contributed by atoms with Crippen molar-refractivity contribution in [2.75, 3.05) is 13.0 Å². The maximum atomic E-state index is 12.3. The summed E-state index contributed by atoms with van der Waals surface area (Å²) in [5, 5.41) is 20.3. The number of aryl methyl sites for hydroxylation is 2. The number of esters is 1. The third kappa shape index (κ3) is 7.10. The van der Waals surface area contributed by atoms with Gasteiger partial charge in [-0.2, -0.15) is 0 Å². The van der Waals surface area contributed by atoms with Crippen molar-refractivity contribution in [3.8, 4) is 5.75 Å². The lowest BCUT2D eigenvalue weighted by Crippen LogP contribution is -2.57. The fraction of sp³-hybridized carbons (Fsp3) is 0.619. The molecule has 1 aliphatic rings. The third-order valence-corrected chi connectivity index (χ3v) is 6.15. The van der Waals surface area contributed by atoms with Crippen LogP contribution in [0.4, 0.5) is 0 Å². The first-order chi connectivity index (χ1) is 14.7. The topological polar surface area (TPSA) is 149 Å². The molecule has 180 valence electrons. The number of aliphatic hydroxyl groups is 2. The Bertz CT molecular complexity index is 878. The summed E-state index contributed by atoms with van der Waals surface area (Å²) < 4.78 is 33.0. The van der Waals surface area contributed by atoms with E-state index in [0.29, 0.717) is 5.75 Å². The van der Waals surface area contributed by atoms with E-state index in [2.05, 4.69) is 0 Å². The van der Waals surface area contributed by atoms with Gasteiger partial charge in [0.1, 0.15) is 24.1 Å². The Kier molecular flexibility index (Phi) is 8.61. The molecule has 1 aromatic rings. The molecule has 5 atom stereocenters. The molecule has 0 amide bonds. The predicted molar refractivity (Wildman–Crippen MR) is 113 cm³/mol. The second-order valence-electron chi connectivity index (χ2n) is 8.80. The molecule has 1 aromatic carbocycles. The van der Waals surface area contributed by atoms with Crippen molar-refractivity contribution in [2.45, 2.75) is 65.6 Å². The lowest BCUT2D eigenvalue weighted by atomic mass is 9.98. The molecule has 2 rings (SSSR count). The summed E-state index contributed by atoms with van der Waals surface area (Å²) in [5.41, 5.74) is 0.967. The van der Waals surface area contributed by atoms with Gasteiger partial charge in [-0.3, -0.25) is 18.7 Å². The number of Topliss-reactive ketones (excluding diaryl/α,β-unsaturated/α-hetero) is 1. The lowest BCUT2D eigenvalue weighted by molar-refractivity contribution is -0.226. The first-order valence-electron chi connectivity index (χ1n) is 10.1. The van der Waals surface area contributed by atoms with Gasteiger partial charge in [0.25, 0.3) is 0 Å². The molecular formula is C21H31O10P. The molecule has 1 aliphatic heterocycles. The molecule has 0 saturated carbocycles. The van der Waals surface area contributed by atoms with Crippen LogP contribution in [0.5, 0.6) is 5.75 Å². The van der Waals surface area contributed by atoms with Crippen LogP contribution in [0.1, 0.15) is 38.3 Å². The van der Waals surface area contributed by atoms with Gasteiger partial charge < -0.3 is 29.3 Å². The molecule has 0 bridgehead atoms.